The number of aliphatic hydroxyl groups is 2. The third kappa shape index (κ3) is 7.64. The molecule has 0 bridgehead atoms. The molecule has 0 radical (unpaired) electrons. The first kappa shape index (κ1) is 48.6. The quantitative estimate of drug-likeness (QED) is 0.217. The van der Waals surface area contributed by atoms with Crippen LogP contribution in [0, 0.1) is 99.6 Å². The number of carbonyl (C=O) groups is 1. The third-order valence-electron chi connectivity index (χ3n) is 23.0. The zero-order valence-electron chi connectivity index (χ0n) is 43.7. The number of terminal acetylenes is 1. The number of methoxy groups -OCH3 is 3. The van der Waals surface area contributed by atoms with Crippen LogP contribution in [0.25, 0.3) is 0 Å². The van der Waals surface area contributed by atoms with E-state index in [0.717, 1.165) is 136 Å². The number of Topliss-reactive ketones (excluding diaryl/α,β-unsaturated/α-hetero) is 1. The maximum Gasteiger partial charge on any atom is 0.139 e. The molecule has 6 heteroatoms. The smallest absolute Gasteiger partial charge is 0.139 e. The van der Waals surface area contributed by atoms with E-state index in [0.29, 0.717) is 35.4 Å². The Labute approximate surface area is 411 Å². The van der Waals surface area contributed by atoms with Crippen LogP contribution in [0.2, 0.25) is 0 Å². The highest BCUT2D eigenvalue weighted by atomic mass is 16.5. The molecule has 6 fully saturated rings. The summed E-state index contributed by atoms with van der Waals surface area (Å²) in [6, 6.07) is 0. The van der Waals surface area contributed by atoms with E-state index in [9.17, 15) is 15.0 Å². The van der Waals surface area contributed by atoms with Gasteiger partial charge >= 0.3 is 0 Å². The molecule has 0 saturated heterocycles. The number of carbonyl (C=O) groups excluding carboxylic acids is 1. The summed E-state index contributed by atoms with van der Waals surface area (Å²) in [5, 5.41) is 21.6. The molecule has 12 aliphatic carbocycles. The molecule has 2 N–H and O–H groups in total. The zero-order chi connectivity index (χ0) is 48.1. The van der Waals surface area contributed by atoms with Crippen LogP contribution >= 0.6 is 0 Å². The maximum absolute atomic E-state index is 12.4. The highest BCUT2D eigenvalue weighted by Gasteiger charge is 2.63. The van der Waals surface area contributed by atoms with E-state index in [1.165, 1.54) is 57.1 Å². The zero-order valence-corrected chi connectivity index (χ0v) is 43.7. The second kappa shape index (κ2) is 18.2. The van der Waals surface area contributed by atoms with Crippen LogP contribution in [0.3, 0.4) is 0 Å². The summed E-state index contributed by atoms with van der Waals surface area (Å²) in [4.78, 5) is 12.4. The predicted molar refractivity (Wildman–Crippen MR) is 271 cm³/mol. The summed E-state index contributed by atoms with van der Waals surface area (Å²) in [6.07, 6.45) is 35.8. The second-order valence-electron chi connectivity index (χ2n) is 25.6. The second-order valence-corrected chi connectivity index (χ2v) is 25.6. The number of hydrogen-bond acceptors (Lipinski definition) is 6. The summed E-state index contributed by atoms with van der Waals surface area (Å²) >= 11 is 0. The fourth-order valence-corrected chi connectivity index (χ4v) is 19.4. The lowest BCUT2D eigenvalue weighted by Crippen LogP contribution is -2.52. The van der Waals surface area contributed by atoms with Crippen molar-refractivity contribution in [2.45, 2.75) is 188 Å². The van der Waals surface area contributed by atoms with Gasteiger partial charge in [0.1, 0.15) is 11.4 Å². The van der Waals surface area contributed by atoms with Crippen molar-refractivity contribution >= 4 is 5.78 Å². The Bertz CT molecular complexity index is 2250. The summed E-state index contributed by atoms with van der Waals surface area (Å²) in [7, 11) is 5.39. The molecule has 0 amide bonds. The lowest BCUT2D eigenvalue weighted by Gasteiger charge is -2.55. The number of aliphatic hydroxyl groups excluding tert-OH is 1. The maximum atomic E-state index is 12.4. The van der Waals surface area contributed by atoms with E-state index < -0.39 is 5.60 Å². The molecule has 68 heavy (non-hydrogen) atoms. The van der Waals surface area contributed by atoms with Gasteiger partial charge in [0.25, 0.3) is 0 Å². The van der Waals surface area contributed by atoms with Gasteiger partial charge in [-0.15, -0.1) is 6.42 Å². The number of fused-ring (bicyclic) bond motifs is 12. The molecule has 0 aromatic heterocycles. The molecule has 17 atom stereocenters. The fourth-order valence-electron chi connectivity index (χ4n) is 19.4. The molecule has 9 unspecified atom stereocenters. The fraction of sp³-hybridized carbons (Fsp3) is 0.758. The van der Waals surface area contributed by atoms with Crippen molar-refractivity contribution in [1.82, 2.24) is 0 Å². The molecule has 6 saturated carbocycles. The Hall–Kier alpha value is -3.01. The summed E-state index contributed by atoms with van der Waals surface area (Å²) < 4.78 is 16.5. The van der Waals surface area contributed by atoms with Crippen LogP contribution in [0.15, 0.2) is 68.9 Å². The van der Waals surface area contributed by atoms with Crippen molar-refractivity contribution in [3.8, 4) is 12.3 Å². The first-order valence-electron chi connectivity index (χ1n) is 27.7. The van der Waals surface area contributed by atoms with Gasteiger partial charge in [0.05, 0.1) is 44.7 Å². The minimum absolute atomic E-state index is 0.00428. The van der Waals surface area contributed by atoms with Crippen LogP contribution in [-0.2, 0) is 19.0 Å². The number of ketones is 1. The first-order chi connectivity index (χ1) is 32.5. The summed E-state index contributed by atoms with van der Waals surface area (Å²) in [5.74, 6) is 15.3. The van der Waals surface area contributed by atoms with Gasteiger partial charge in [0.2, 0.25) is 0 Å². The molecule has 6 nitrogen and oxygen atoms in total. The molecule has 0 aromatic carbocycles. The van der Waals surface area contributed by atoms with E-state index >= 15 is 0 Å². The minimum atomic E-state index is -0.896. The lowest BCUT2D eigenvalue weighted by molar-refractivity contribution is -0.130. The van der Waals surface area contributed by atoms with E-state index in [-0.39, 0.29) is 22.3 Å². The van der Waals surface area contributed by atoms with Crippen molar-refractivity contribution in [3.63, 3.8) is 0 Å². The summed E-state index contributed by atoms with van der Waals surface area (Å²) in [5.41, 5.74) is 9.30. The van der Waals surface area contributed by atoms with E-state index in [4.69, 9.17) is 20.6 Å². The molecule has 12 rings (SSSR count). The Morgan fingerprint density at radius 1 is 0.588 bits per heavy atom. The predicted octanol–water partition coefficient (Wildman–Crippen LogP) is 13.6. The van der Waals surface area contributed by atoms with Crippen molar-refractivity contribution in [3.05, 3.63) is 68.9 Å². The highest BCUT2D eigenvalue weighted by molar-refractivity contribution is 5.87. The van der Waals surface area contributed by atoms with Gasteiger partial charge in [-0.3, -0.25) is 4.79 Å². The molecular weight excluding hydrogens is 841 g/mol. The number of rotatable bonds is 3. The van der Waals surface area contributed by atoms with E-state index in [2.05, 4.69) is 65.7 Å². The van der Waals surface area contributed by atoms with Crippen LogP contribution in [0.1, 0.15) is 176 Å². The van der Waals surface area contributed by atoms with E-state index in [1.54, 1.807) is 54.8 Å². The van der Waals surface area contributed by atoms with Crippen LogP contribution in [0.4, 0.5) is 0 Å². The van der Waals surface area contributed by atoms with Gasteiger partial charge in [0.15, 0.2) is 0 Å². The van der Waals surface area contributed by atoms with E-state index in [1.807, 2.05) is 0 Å². The van der Waals surface area contributed by atoms with Gasteiger partial charge in [-0.05, 0) is 204 Å². The van der Waals surface area contributed by atoms with Crippen molar-refractivity contribution in [2.24, 2.45) is 87.3 Å². The molecular formula is C62H88O6. The molecule has 12 aliphatic rings. The third-order valence-corrected chi connectivity index (χ3v) is 23.0. The molecule has 0 spiro atoms. The lowest BCUT2D eigenvalue weighted by atomic mass is 9.50. The van der Waals surface area contributed by atoms with Gasteiger partial charge in [0, 0.05) is 36.5 Å². The average Bonchev–Trinajstić information content (AvgIpc) is 3.93. The highest BCUT2D eigenvalue weighted by Crippen LogP contribution is 2.66. The normalized spacial score (nSPS) is 46.3. The number of ether oxygens (including phenoxy) is 3. The van der Waals surface area contributed by atoms with Gasteiger partial charge in [-0.25, -0.2) is 0 Å². The van der Waals surface area contributed by atoms with Crippen molar-refractivity contribution in [1.29, 1.82) is 0 Å². The minimum Gasteiger partial charge on any atom is -0.501 e. The van der Waals surface area contributed by atoms with Crippen LogP contribution < -0.4 is 0 Å². The Morgan fingerprint density at radius 2 is 1.04 bits per heavy atom. The Balaban J connectivity index is 0.000000119. The first-order valence-corrected chi connectivity index (χ1v) is 27.7. The number of hydrogen-bond donors (Lipinski definition) is 2. The molecule has 0 aromatic rings. The van der Waals surface area contributed by atoms with Crippen molar-refractivity contribution < 1.29 is 29.2 Å². The largest absolute Gasteiger partial charge is 0.501 e. The monoisotopic (exact) mass is 929 g/mol. The Morgan fingerprint density at radius 3 is 1.53 bits per heavy atom. The average molecular weight is 929 g/mol. The van der Waals surface area contributed by atoms with Crippen LogP contribution in [-0.4, -0.2) is 49.0 Å². The molecule has 0 aliphatic heterocycles. The van der Waals surface area contributed by atoms with Gasteiger partial charge < -0.3 is 24.4 Å². The van der Waals surface area contributed by atoms with Gasteiger partial charge in [-0.1, -0.05) is 80.9 Å². The number of allylic oxidation sites excluding steroid dienone is 9. The SMILES string of the molecule is C#C[C@]1(O)CCC2C3C(CC[C@@]21C)C1=C(CC(OC)=CC1)C[C@H]3C.COC1=CCC2=C(C1)C[C@@H](C)C1C2CC[C@@]2(C)C1CC[C@@H]2O.COC1=CCC2=C(C1)C[C@@H](C)C1C2CC[C@]2(C)C(=O)CCC12. The molecule has 0 heterocycles. The molecule has 372 valence electrons. The van der Waals surface area contributed by atoms with Crippen LogP contribution in [0.5, 0.6) is 0 Å². The standard InChI is InChI=1S/C22H30O2.C20H30O2.C20H28O2/c1-5-22(23)11-9-19-20-14(2)12-15-13-16(24-4)6-7-17(15)18(20)8-10-21(19,22)3;2*1-12-10-13-11-14(22-3)4-5-15(13)16-8-9-20(2)17(19(12)16)6-7-18(20)21/h1,6,14,18-20,23H,7-13H2,2-4H3;4,12,16-19,21H,5-11H2,1-3H3;4,12,16-17,19H,5-11H2,1-3H3/t14-,18?,19?,20?,21+,22+;12-,16?,17?,18+,19?,20+;12-,16?,17?,19?,20+/m111/s1. The Kier molecular flexibility index (Phi) is 13.0. The topological polar surface area (TPSA) is 85.2 Å². The van der Waals surface area contributed by atoms with Crippen molar-refractivity contribution in [2.75, 3.05) is 21.3 Å². The summed E-state index contributed by atoms with van der Waals surface area (Å²) in [6.45, 7) is 14.2. The van der Waals surface area contributed by atoms with Gasteiger partial charge in [-0.2, -0.15) is 0 Å².